The molecule has 1 unspecified atom stereocenters. The molecule has 33 heavy (non-hydrogen) atoms. The third-order valence-electron chi connectivity index (χ3n) is 6.00. The smallest absolute Gasteiger partial charge is 0.228 e. The van der Waals surface area contributed by atoms with Crippen molar-refractivity contribution in [2.75, 3.05) is 17.2 Å². The van der Waals surface area contributed by atoms with Crippen LogP contribution in [0.3, 0.4) is 0 Å². The van der Waals surface area contributed by atoms with Gasteiger partial charge in [0.1, 0.15) is 5.82 Å². The highest BCUT2D eigenvalue weighted by Crippen LogP contribution is 2.31. The molecule has 2 aromatic heterocycles. The molecule has 1 atom stereocenters. The molecule has 5 rings (SSSR count). The van der Waals surface area contributed by atoms with Gasteiger partial charge in [0.05, 0.1) is 23.2 Å². The molecule has 1 aliphatic rings. The first-order valence-electron chi connectivity index (χ1n) is 11.3. The van der Waals surface area contributed by atoms with Gasteiger partial charge in [0, 0.05) is 42.0 Å². The summed E-state index contributed by atoms with van der Waals surface area (Å²) in [6, 6.07) is 24.5. The van der Waals surface area contributed by atoms with Gasteiger partial charge in [-0.05, 0) is 49.1 Å². The van der Waals surface area contributed by atoms with Gasteiger partial charge in [0.2, 0.25) is 5.91 Å². The lowest BCUT2D eigenvalue weighted by atomic mass is 10.0. The molecule has 0 radical (unpaired) electrons. The number of carbonyl (C=O) groups excluding carboxylic acids is 1. The lowest BCUT2D eigenvalue weighted by Crippen LogP contribution is -2.15. The molecule has 1 fully saturated rings. The van der Waals surface area contributed by atoms with Crippen molar-refractivity contribution in [3.05, 3.63) is 84.7 Å². The van der Waals surface area contributed by atoms with Gasteiger partial charge in [-0.1, -0.05) is 36.4 Å². The second kappa shape index (κ2) is 9.17. The van der Waals surface area contributed by atoms with E-state index in [1.54, 1.807) is 6.20 Å². The Balaban J connectivity index is 1.34. The molecule has 2 heterocycles. The minimum atomic E-state index is -0.123. The average Bonchev–Trinajstić information content (AvgIpc) is 3.61. The van der Waals surface area contributed by atoms with Crippen LogP contribution in [0.4, 0.5) is 11.5 Å². The van der Waals surface area contributed by atoms with Crippen LogP contribution in [0, 0.1) is 23.2 Å². The van der Waals surface area contributed by atoms with Crippen molar-refractivity contribution >= 4 is 28.3 Å². The zero-order valence-corrected chi connectivity index (χ0v) is 18.2. The Morgan fingerprint density at radius 2 is 1.97 bits per heavy atom. The first-order chi connectivity index (χ1) is 16.2. The van der Waals surface area contributed by atoms with Crippen molar-refractivity contribution in [3.63, 3.8) is 0 Å². The summed E-state index contributed by atoms with van der Waals surface area (Å²) in [6.07, 6.45) is 6.37. The molecule has 2 aromatic carbocycles. The largest absolute Gasteiger partial charge is 0.383 e. The van der Waals surface area contributed by atoms with E-state index < -0.39 is 0 Å². The van der Waals surface area contributed by atoms with Crippen LogP contribution in [-0.2, 0) is 11.2 Å². The van der Waals surface area contributed by atoms with Crippen LogP contribution in [-0.4, -0.2) is 22.0 Å². The number of fused-ring (bicyclic) bond motifs is 1. The molecule has 4 aromatic rings. The van der Waals surface area contributed by atoms with Crippen LogP contribution in [0.25, 0.3) is 16.6 Å². The fraction of sp³-hybridized carbons (Fsp3) is 0.222. The predicted octanol–water partition coefficient (Wildman–Crippen LogP) is 5.17. The van der Waals surface area contributed by atoms with Gasteiger partial charge in [-0.2, -0.15) is 5.26 Å². The molecule has 1 aliphatic carbocycles. The standard InChI is InChI=1S/C27H25N5O/c28-17-20(15-19-5-2-1-3-6-19)18-30-24-7-4-8-25-23(24)12-14-32(25)22-11-13-29-26(16-22)31-27(33)21-9-10-21/h1-8,11-14,16,20-21,30H,9-10,15,18H2,(H,29,31,33). The van der Waals surface area contributed by atoms with Gasteiger partial charge in [0.25, 0.3) is 0 Å². The Kier molecular flexibility index (Phi) is 5.77. The molecule has 2 N–H and O–H groups in total. The quantitative estimate of drug-likeness (QED) is 0.400. The van der Waals surface area contributed by atoms with Crippen molar-refractivity contribution in [2.24, 2.45) is 11.8 Å². The lowest BCUT2D eigenvalue weighted by molar-refractivity contribution is -0.117. The summed E-state index contributed by atoms with van der Waals surface area (Å²) in [5.74, 6) is 0.627. The van der Waals surface area contributed by atoms with Crippen molar-refractivity contribution < 1.29 is 4.79 Å². The highest BCUT2D eigenvalue weighted by Gasteiger charge is 2.29. The molecule has 0 saturated heterocycles. The van der Waals surface area contributed by atoms with Crippen LogP contribution in [0.1, 0.15) is 18.4 Å². The minimum absolute atomic E-state index is 0.0473. The van der Waals surface area contributed by atoms with Crippen LogP contribution in [0.15, 0.2) is 79.1 Å². The number of aromatic nitrogens is 2. The Bertz CT molecular complexity index is 1320. The predicted molar refractivity (Wildman–Crippen MR) is 130 cm³/mol. The van der Waals surface area contributed by atoms with E-state index in [1.807, 2.05) is 48.7 Å². The third-order valence-corrected chi connectivity index (χ3v) is 6.00. The van der Waals surface area contributed by atoms with Crippen LogP contribution < -0.4 is 10.6 Å². The number of pyridine rings is 1. The second-order valence-electron chi connectivity index (χ2n) is 8.48. The summed E-state index contributed by atoms with van der Waals surface area (Å²) in [7, 11) is 0. The Hall–Kier alpha value is -4.11. The van der Waals surface area contributed by atoms with Crippen molar-refractivity contribution in [1.82, 2.24) is 9.55 Å². The Labute approximate surface area is 192 Å². The van der Waals surface area contributed by atoms with E-state index in [0.717, 1.165) is 40.7 Å². The maximum atomic E-state index is 12.1. The molecule has 1 saturated carbocycles. The number of carbonyl (C=O) groups is 1. The number of amides is 1. The first-order valence-corrected chi connectivity index (χ1v) is 11.3. The van der Waals surface area contributed by atoms with Gasteiger partial charge in [0.15, 0.2) is 0 Å². The summed E-state index contributed by atoms with van der Waals surface area (Å²) in [4.78, 5) is 16.4. The van der Waals surface area contributed by atoms with Crippen LogP contribution in [0.2, 0.25) is 0 Å². The molecule has 164 valence electrons. The van der Waals surface area contributed by atoms with E-state index >= 15 is 0 Å². The molecule has 1 amide bonds. The fourth-order valence-corrected chi connectivity index (χ4v) is 4.05. The summed E-state index contributed by atoms with van der Waals surface area (Å²) in [5.41, 5.74) is 4.14. The highest BCUT2D eigenvalue weighted by atomic mass is 16.2. The number of nitrogens with zero attached hydrogens (tertiary/aromatic N) is 3. The molecule has 0 spiro atoms. The fourth-order valence-electron chi connectivity index (χ4n) is 4.05. The zero-order valence-electron chi connectivity index (χ0n) is 18.2. The number of hydrogen-bond acceptors (Lipinski definition) is 4. The molecule has 0 aliphatic heterocycles. The van der Waals surface area contributed by atoms with Crippen LogP contribution in [0.5, 0.6) is 0 Å². The summed E-state index contributed by atoms with van der Waals surface area (Å²) < 4.78 is 2.08. The molecule has 6 heteroatoms. The van der Waals surface area contributed by atoms with E-state index in [0.29, 0.717) is 18.8 Å². The third kappa shape index (κ3) is 4.73. The molecular formula is C27H25N5O. The molecule has 6 nitrogen and oxygen atoms in total. The summed E-state index contributed by atoms with van der Waals surface area (Å²) in [6.45, 7) is 0.572. The monoisotopic (exact) mass is 435 g/mol. The van der Waals surface area contributed by atoms with E-state index in [4.69, 9.17) is 0 Å². The number of anilines is 2. The maximum absolute atomic E-state index is 12.1. The lowest BCUT2D eigenvalue weighted by Gasteiger charge is -2.13. The van der Waals surface area contributed by atoms with E-state index in [-0.39, 0.29) is 17.7 Å². The highest BCUT2D eigenvalue weighted by molar-refractivity contribution is 5.95. The Morgan fingerprint density at radius 3 is 2.76 bits per heavy atom. The normalized spacial score (nSPS) is 13.9. The van der Waals surface area contributed by atoms with E-state index in [9.17, 15) is 10.1 Å². The first kappa shape index (κ1) is 20.8. The van der Waals surface area contributed by atoms with Crippen molar-refractivity contribution in [1.29, 1.82) is 5.26 Å². The molecular weight excluding hydrogens is 410 g/mol. The SMILES string of the molecule is N#CC(CNc1cccc2c1ccn2-c1ccnc(NC(=O)C2CC2)c1)Cc1ccccc1. The average molecular weight is 436 g/mol. The summed E-state index contributed by atoms with van der Waals surface area (Å²) >= 11 is 0. The topological polar surface area (TPSA) is 82.7 Å². The van der Waals surface area contributed by atoms with Gasteiger partial charge in [-0.15, -0.1) is 0 Å². The van der Waals surface area contributed by atoms with Crippen LogP contribution >= 0.6 is 0 Å². The number of benzene rings is 2. The van der Waals surface area contributed by atoms with Gasteiger partial charge in [-0.25, -0.2) is 4.98 Å². The minimum Gasteiger partial charge on any atom is -0.383 e. The van der Waals surface area contributed by atoms with E-state index in [1.165, 1.54) is 0 Å². The summed E-state index contributed by atoms with van der Waals surface area (Å²) in [5, 5.41) is 17.1. The number of nitrogens with one attached hydrogen (secondary N) is 2. The maximum Gasteiger partial charge on any atom is 0.228 e. The molecule has 0 bridgehead atoms. The number of hydrogen-bond donors (Lipinski definition) is 2. The van der Waals surface area contributed by atoms with Crippen molar-refractivity contribution in [2.45, 2.75) is 19.3 Å². The van der Waals surface area contributed by atoms with E-state index in [2.05, 4.69) is 50.5 Å². The van der Waals surface area contributed by atoms with Gasteiger partial charge in [-0.3, -0.25) is 4.79 Å². The number of nitriles is 1. The Morgan fingerprint density at radius 1 is 1.12 bits per heavy atom. The second-order valence-corrected chi connectivity index (χ2v) is 8.48. The van der Waals surface area contributed by atoms with Crippen molar-refractivity contribution in [3.8, 4) is 11.8 Å². The number of rotatable bonds is 8. The van der Waals surface area contributed by atoms with Gasteiger partial charge < -0.3 is 15.2 Å². The van der Waals surface area contributed by atoms with Gasteiger partial charge >= 0.3 is 0 Å². The zero-order chi connectivity index (χ0) is 22.6.